The van der Waals surface area contributed by atoms with Gasteiger partial charge < -0.3 is 10.6 Å². The summed E-state index contributed by atoms with van der Waals surface area (Å²) in [5, 5.41) is 14.1. The molecule has 0 radical (unpaired) electrons. The maximum Gasteiger partial charge on any atom is 0.190 e. The van der Waals surface area contributed by atoms with Gasteiger partial charge in [0.1, 0.15) is 0 Å². The van der Waals surface area contributed by atoms with Crippen LogP contribution in [0.15, 0.2) is 22.8 Å². The van der Waals surface area contributed by atoms with E-state index in [0.29, 0.717) is 0 Å². The number of thiazole rings is 1. The normalized spacial score (nSPS) is 11.7. The van der Waals surface area contributed by atoms with Gasteiger partial charge in [-0.1, -0.05) is 0 Å². The Kier molecular flexibility index (Phi) is 6.39. The monoisotopic (exact) mass is 320 g/mol. The second-order valence-corrected chi connectivity index (χ2v) is 6.22. The van der Waals surface area contributed by atoms with Crippen molar-refractivity contribution in [3.63, 3.8) is 0 Å². The van der Waals surface area contributed by atoms with E-state index in [1.807, 2.05) is 24.9 Å². The van der Waals surface area contributed by atoms with Crippen molar-refractivity contribution in [2.45, 2.75) is 26.2 Å². The van der Waals surface area contributed by atoms with E-state index in [1.54, 1.807) is 18.4 Å². The molecule has 2 aromatic rings. The van der Waals surface area contributed by atoms with Crippen molar-refractivity contribution in [1.82, 2.24) is 25.4 Å². The van der Waals surface area contributed by atoms with Crippen LogP contribution in [-0.2, 0) is 19.9 Å². The van der Waals surface area contributed by atoms with Crippen molar-refractivity contribution in [2.24, 2.45) is 12.0 Å². The zero-order chi connectivity index (χ0) is 15.8. The van der Waals surface area contributed by atoms with Crippen LogP contribution in [0.3, 0.4) is 0 Å². The van der Waals surface area contributed by atoms with Crippen LogP contribution >= 0.6 is 11.3 Å². The fourth-order valence-corrected chi connectivity index (χ4v) is 2.80. The Bertz CT molecular complexity index is 601. The van der Waals surface area contributed by atoms with Crippen molar-refractivity contribution < 1.29 is 0 Å². The molecule has 0 atom stereocenters. The quantitative estimate of drug-likeness (QED) is 0.461. The molecule has 0 fully saturated rings. The van der Waals surface area contributed by atoms with E-state index in [9.17, 15) is 0 Å². The molecule has 0 aliphatic carbocycles. The molecular formula is C15H24N6S. The molecule has 2 rings (SSSR count). The zero-order valence-corrected chi connectivity index (χ0v) is 14.3. The first-order valence-corrected chi connectivity index (χ1v) is 8.38. The molecule has 0 aromatic carbocycles. The summed E-state index contributed by atoms with van der Waals surface area (Å²) in [6, 6.07) is 0. The van der Waals surface area contributed by atoms with Crippen molar-refractivity contribution >= 4 is 17.3 Å². The summed E-state index contributed by atoms with van der Waals surface area (Å²) in [5.41, 5.74) is 2.41. The van der Waals surface area contributed by atoms with Gasteiger partial charge in [0.2, 0.25) is 0 Å². The molecule has 2 aromatic heterocycles. The van der Waals surface area contributed by atoms with Crippen LogP contribution in [-0.4, -0.2) is 40.9 Å². The molecule has 0 amide bonds. The lowest BCUT2D eigenvalue weighted by molar-refractivity contribution is 0.734. The second-order valence-electron chi connectivity index (χ2n) is 5.16. The molecule has 2 N–H and O–H groups in total. The lowest BCUT2D eigenvalue weighted by Gasteiger charge is -2.11. The molecule has 2 heterocycles. The third-order valence-corrected chi connectivity index (χ3v) is 4.08. The van der Waals surface area contributed by atoms with Crippen LogP contribution < -0.4 is 10.6 Å². The molecule has 120 valence electrons. The molecule has 0 saturated carbocycles. The maximum absolute atomic E-state index is 4.45. The van der Waals surface area contributed by atoms with Gasteiger partial charge in [0.05, 0.1) is 16.9 Å². The zero-order valence-electron chi connectivity index (χ0n) is 13.5. The average molecular weight is 320 g/mol. The summed E-state index contributed by atoms with van der Waals surface area (Å²) in [6.07, 6.45) is 6.97. The van der Waals surface area contributed by atoms with E-state index < -0.39 is 0 Å². The number of hydrogen-bond donors (Lipinski definition) is 2. The van der Waals surface area contributed by atoms with E-state index in [0.717, 1.165) is 49.0 Å². The number of aryl methyl sites for hydroxylation is 3. The summed E-state index contributed by atoms with van der Waals surface area (Å²) >= 11 is 1.69. The third kappa shape index (κ3) is 5.48. The van der Waals surface area contributed by atoms with E-state index in [2.05, 4.69) is 37.3 Å². The predicted octanol–water partition coefficient (Wildman–Crippen LogP) is 1.53. The first-order chi connectivity index (χ1) is 10.7. The first kappa shape index (κ1) is 16.5. The highest BCUT2D eigenvalue weighted by atomic mass is 32.1. The lowest BCUT2D eigenvalue weighted by atomic mass is 10.2. The fraction of sp³-hybridized carbons (Fsp3) is 0.533. The van der Waals surface area contributed by atoms with Gasteiger partial charge in [-0.3, -0.25) is 9.67 Å². The Balaban J connectivity index is 1.60. The molecule has 0 unspecified atom stereocenters. The van der Waals surface area contributed by atoms with Crippen LogP contribution in [0.5, 0.6) is 0 Å². The first-order valence-electron chi connectivity index (χ1n) is 7.50. The molecule has 6 nitrogen and oxygen atoms in total. The molecule has 22 heavy (non-hydrogen) atoms. The van der Waals surface area contributed by atoms with Crippen LogP contribution in [0.1, 0.15) is 22.7 Å². The van der Waals surface area contributed by atoms with Crippen LogP contribution in [0.25, 0.3) is 0 Å². The number of aromatic nitrogens is 3. The van der Waals surface area contributed by atoms with Gasteiger partial charge >= 0.3 is 0 Å². The topological polar surface area (TPSA) is 67.1 Å². The SMILES string of the molecule is CN=C(NCCCc1cnn(C)c1)NCCc1csc(C)n1. The highest BCUT2D eigenvalue weighted by Gasteiger charge is 2.01. The van der Waals surface area contributed by atoms with E-state index in [1.165, 1.54) is 5.56 Å². The van der Waals surface area contributed by atoms with Gasteiger partial charge in [-0.2, -0.15) is 5.10 Å². The van der Waals surface area contributed by atoms with E-state index in [-0.39, 0.29) is 0 Å². The van der Waals surface area contributed by atoms with E-state index >= 15 is 0 Å². The van der Waals surface area contributed by atoms with Gasteiger partial charge in [0.15, 0.2) is 5.96 Å². The number of aliphatic imine (C=N–C) groups is 1. The smallest absolute Gasteiger partial charge is 0.190 e. The Hall–Kier alpha value is -1.89. The van der Waals surface area contributed by atoms with Gasteiger partial charge in [-0.15, -0.1) is 11.3 Å². The number of hydrogen-bond acceptors (Lipinski definition) is 4. The second kappa shape index (κ2) is 8.53. The van der Waals surface area contributed by atoms with Crippen molar-refractivity contribution in [2.75, 3.05) is 20.1 Å². The lowest BCUT2D eigenvalue weighted by Crippen LogP contribution is -2.38. The summed E-state index contributed by atoms with van der Waals surface area (Å²) < 4.78 is 1.84. The minimum atomic E-state index is 0.839. The fourth-order valence-electron chi connectivity index (χ4n) is 2.15. The third-order valence-electron chi connectivity index (χ3n) is 3.26. The Morgan fingerprint density at radius 2 is 2.14 bits per heavy atom. The highest BCUT2D eigenvalue weighted by Crippen LogP contribution is 2.07. The molecule has 0 aliphatic heterocycles. The summed E-state index contributed by atoms with van der Waals surface area (Å²) in [5.74, 6) is 0.845. The summed E-state index contributed by atoms with van der Waals surface area (Å²) in [6.45, 7) is 3.76. The molecule has 0 bridgehead atoms. The van der Waals surface area contributed by atoms with Crippen molar-refractivity contribution in [3.8, 4) is 0 Å². The van der Waals surface area contributed by atoms with Crippen LogP contribution in [0.4, 0.5) is 0 Å². The Morgan fingerprint density at radius 3 is 2.77 bits per heavy atom. The highest BCUT2D eigenvalue weighted by molar-refractivity contribution is 7.09. The van der Waals surface area contributed by atoms with Crippen LogP contribution in [0.2, 0.25) is 0 Å². The van der Waals surface area contributed by atoms with Gasteiger partial charge in [0, 0.05) is 45.2 Å². The Labute approximate surface area is 135 Å². The van der Waals surface area contributed by atoms with Crippen molar-refractivity contribution in [3.05, 3.63) is 34.0 Å². The molecule has 0 aliphatic rings. The average Bonchev–Trinajstić information content (AvgIpc) is 3.10. The molecule has 0 spiro atoms. The molecular weight excluding hydrogens is 296 g/mol. The molecule has 0 saturated heterocycles. The standard InChI is InChI=1S/C15H24N6S/c1-12-20-14(11-22-12)6-8-18-15(16-2)17-7-4-5-13-9-19-21(3)10-13/h9-11H,4-8H2,1-3H3,(H2,16,17,18). The number of nitrogens with zero attached hydrogens (tertiary/aromatic N) is 4. The summed E-state index contributed by atoms with van der Waals surface area (Å²) in [4.78, 5) is 8.69. The van der Waals surface area contributed by atoms with Crippen LogP contribution in [0, 0.1) is 6.92 Å². The van der Waals surface area contributed by atoms with Gasteiger partial charge in [-0.25, -0.2) is 4.98 Å². The van der Waals surface area contributed by atoms with Gasteiger partial charge in [-0.05, 0) is 25.3 Å². The van der Waals surface area contributed by atoms with Gasteiger partial charge in [0.25, 0.3) is 0 Å². The number of rotatable bonds is 7. The van der Waals surface area contributed by atoms with Crippen molar-refractivity contribution in [1.29, 1.82) is 0 Å². The Morgan fingerprint density at radius 1 is 1.32 bits per heavy atom. The van der Waals surface area contributed by atoms with E-state index in [4.69, 9.17) is 0 Å². The number of nitrogens with one attached hydrogen (secondary N) is 2. The molecule has 7 heteroatoms. The minimum absolute atomic E-state index is 0.839. The number of guanidine groups is 1. The largest absolute Gasteiger partial charge is 0.356 e. The maximum atomic E-state index is 4.45. The minimum Gasteiger partial charge on any atom is -0.356 e. The predicted molar refractivity (Wildman–Crippen MR) is 91.4 cm³/mol. The summed E-state index contributed by atoms with van der Waals surface area (Å²) in [7, 11) is 3.74.